The number of carbonyl (C=O) groups excluding carboxylic acids is 1. The van der Waals surface area contributed by atoms with Crippen LogP contribution in [0, 0.1) is 5.92 Å². The molecule has 1 N–H and O–H groups in total. The number of carboxylic acids is 1. The minimum absolute atomic E-state index is 0.100. The summed E-state index contributed by atoms with van der Waals surface area (Å²) in [6, 6.07) is 4.89. The van der Waals surface area contributed by atoms with Crippen LogP contribution in [0.4, 0.5) is 0 Å². The van der Waals surface area contributed by atoms with Crippen molar-refractivity contribution in [1.82, 2.24) is 0 Å². The fourth-order valence-electron chi connectivity index (χ4n) is 1.77. The molecule has 3 nitrogen and oxygen atoms in total. The van der Waals surface area contributed by atoms with Crippen molar-refractivity contribution in [2.45, 2.75) is 25.7 Å². The molecule has 1 fully saturated rings. The summed E-state index contributed by atoms with van der Waals surface area (Å²) in [5.41, 5.74) is 0.948. The number of hydrogen-bond acceptors (Lipinski definition) is 2. The lowest BCUT2D eigenvalue weighted by molar-refractivity contribution is -0.120. The van der Waals surface area contributed by atoms with Gasteiger partial charge in [0.25, 0.3) is 0 Å². The first kappa shape index (κ1) is 12.1. The van der Waals surface area contributed by atoms with E-state index in [2.05, 4.69) is 0 Å². The van der Waals surface area contributed by atoms with Crippen molar-refractivity contribution in [3.63, 3.8) is 0 Å². The number of carbonyl (C=O) groups is 2. The monoisotopic (exact) mass is 252 g/mol. The average Bonchev–Trinajstić information content (AvgIpc) is 3.11. The molecule has 90 valence electrons. The van der Waals surface area contributed by atoms with Crippen LogP contribution in [-0.4, -0.2) is 16.9 Å². The molecule has 0 heterocycles. The molecule has 0 unspecified atom stereocenters. The third-order valence-electron chi connectivity index (χ3n) is 2.95. The van der Waals surface area contributed by atoms with Crippen molar-refractivity contribution >= 4 is 23.4 Å². The van der Waals surface area contributed by atoms with Gasteiger partial charge in [0, 0.05) is 12.3 Å². The fraction of sp³-hybridized carbons (Fsp3) is 0.385. The van der Waals surface area contributed by atoms with E-state index < -0.39 is 5.97 Å². The summed E-state index contributed by atoms with van der Waals surface area (Å²) < 4.78 is 0. The van der Waals surface area contributed by atoms with E-state index in [0.717, 1.165) is 18.4 Å². The zero-order valence-electron chi connectivity index (χ0n) is 9.28. The molecule has 4 heteroatoms. The number of aromatic carboxylic acids is 1. The van der Waals surface area contributed by atoms with Gasteiger partial charge < -0.3 is 5.11 Å². The van der Waals surface area contributed by atoms with Crippen LogP contribution in [0.2, 0.25) is 5.02 Å². The smallest absolute Gasteiger partial charge is 0.337 e. The predicted molar refractivity (Wildman–Crippen MR) is 64.5 cm³/mol. The van der Waals surface area contributed by atoms with Gasteiger partial charge in [-0.25, -0.2) is 4.79 Å². The standard InChI is InChI=1S/C13H13ClO3/c14-11-5-1-8(7-10(11)13(16)17)2-6-12(15)9-3-4-9/h1,5,7,9H,2-4,6H2,(H,16,17). The lowest BCUT2D eigenvalue weighted by Crippen LogP contribution is -2.03. The number of aryl methyl sites for hydroxylation is 1. The molecular weight excluding hydrogens is 240 g/mol. The largest absolute Gasteiger partial charge is 0.478 e. The first-order chi connectivity index (χ1) is 8.08. The van der Waals surface area contributed by atoms with Crippen LogP contribution < -0.4 is 0 Å². The highest BCUT2D eigenvalue weighted by Crippen LogP contribution is 2.31. The number of carboxylic acid groups (broad SMARTS) is 1. The van der Waals surface area contributed by atoms with Gasteiger partial charge in [-0.2, -0.15) is 0 Å². The Hall–Kier alpha value is -1.35. The first-order valence-electron chi connectivity index (χ1n) is 5.62. The molecule has 0 aliphatic heterocycles. The Kier molecular flexibility index (Phi) is 3.48. The summed E-state index contributed by atoms with van der Waals surface area (Å²) in [6.07, 6.45) is 3.11. The molecule has 0 spiro atoms. The third-order valence-corrected chi connectivity index (χ3v) is 3.28. The maximum Gasteiger partial charge on any atom is 0.337 e. The van der Waals surface area contributed by atoms with Gasteiger partial charge in [-0.15, -0.1) is 0 Å². The number of ketones is 1. The van der Waals surface area contributed by atoms with Gasteiger partial charge in [-0.1, -0.05) is 17.7 Å². The minimum atomic E-state index is -1.04. The second-order valence-corrected chi connectivity index (χ2v) is 4.77. The zero-order valence-corrected chi connectivity index (χ0v) is 10.0. The second kappa shape index (κ2) is 4.88. The van der Waals surface area contributed by atoms with Crippen LogP contribution in [-0.2, 0) is 11.2 Å². The Morgan fingerprint density at radius 1 is 1.35 bits per heavy atom. The molecule has 1 aromatic carbocycles. The van der Waals surface area contributed by atoms with E-state index in [1.54, 1.807) is 18.2 Å². The maximum absolute atomic E-state index is 11.5. The molecule has 0 saturated heterocycles. The Balaban J connectivity index is 2.03. The van der Waals surface area contributed by atoms with Gasteiger partial charge >= 0.3 is 5.97 Å². The van der Waals surface area contributed by atoms with Crippen molar-refractivity contribution in [1.29, 1.82) is 0 Å². The fourth-order valence-corrected chi connectivity index (χ4v) is 1.97. The van der Waals surface area contributed by atoms with Gasteiger partial charge in [-0.3, -0.25) is 4.79 Å². The van der Waals surface area contributed by atoms with Gasteiger partial charge in [-0.05, 0) is 37.0 Å². The summed E-state index contributed by atoms with van der Waals surface area (Å²) in [7, 11) is 0. The van der Waals surface area contributed by atoms with E-state index in [1.807, 2.05) is 0 Å². The summed E-state index contributed by atoms with van der Waals surface area (Å²) in [5.74, 6) is -0.483. The lowest BCUT2D eigenvalue weighted by Gasteiger charge is -2.04. The molecule has 1 aliphatic rings. The van der Waals surface area contributed by atoms with E-state index in [-0.39, 0.29) is 22.3 Å². The Bertz CT molecular complexity index is 464. The van der Waals surface area contributed by atoms with E-state index >= 15 is 0 Å². The number of benzene rings is 1. The second-order valence-electron chi connectivity index (χ2n) is 4.36. The third kappa shape index (κ3) is 3.07. The van der Waals surface area contributed by atoms with Gasteiger partial charge in [0.1, 0.15) is 5.78 Å². The summed E-state index contributed by atoms with van der Waals surface area (Å²) in [6.45, 7) is 0. The number of Topliss-reactive ketones (excluding diaryl/α,β-unsaturated/α-hetero) is 1. The van der Waals surface area contributed by atoms with Crippen LogP contribution >= 0.6 is 11.6 Å². The van der Waals surface area contributed by atoms with E-state index in [4.69, 9.17) is 16.7 Å². The van der Waals surface area contributed by atoms with Crippen molar-refractivity contribution in [3.05, 3.63) is 34.3 Å². The normalized spacial score (nSPS) is 14.6. The topological polar surface area (TPSA) is 54.4 Å². The minimum Gasteiger partial charge on any atom is -0.478 e. The zero-order chi connectivity index (χ0) is 12.4. The van der Waals surface area contributed by atoms with Crippen LogP contribution in [0.5, 0.6) is 0 Å². The Morgan fingerprint density at radius 3 is 2.65 bits per heavy atom. The van der Waals surface area contributed by atoms with Gasteiger partial charge in [0.05, 0.1) is 10.6 Å². The van der Waals surface area contributed by atoms with Gasteiger partial charge in [0.2, 0.25) is 0 Å². The van der Waals surface area contributed by atoms with Crippen molar-refractivity contribution in [3.8, 4) is 0 Å². The molecule has 0 radical (unpaired) electrons. The Morgan fingerprint density at radius 2 is 2.06 bits per heavy atom. The SMILES string of the molecule is O=C(O)c1cc(CCC(=O)C2CC2)ccc1Cl. The predicted octanol–water partition coefficient (Wildman–Crippen LogP) is 2.95. The van der Waals surface area contributed by atoms with Crippen LogP contribution in [0.3, 0.4) is 0 Å². The molecule has 1 saturated carbocycles. The van der Waals surface area contributed by atoms with Crippen LogP contribution in [0.25, 0.3) is 0 Å². The first-order valence-corrected chi connectivity index (χ1v) is 6.00. The summed E-state index contributed by atoms with van der Waals surface area (Å²) in [5, 5.41) is 9.15. The van der Waals surface area contributed by atoms with E-state index in [1.165, 1.54) is 0 Å². The lowest BCUT2D eigenvalue weighted by atomic mass is 10.0. The molecular formula is C13H13ClO3. The van der Waals surface area contributed by atoms with Crippen LogP contribution in [0.1, 0.15) is 35.2 Å². The highest BCUT2D eigenvalue weighted by Gasteiger charge is 2.28. The maximum atomic E-state index is 11.5. The summed E-state index contributed by atoms with van der Waals surface area (Å²) >= 11 is 5.77. The molecule has 2 rings (SSSR count). The number of halogens is 1. The highest BCUT2D eigenvalue weighted by atomic mass is 35.5. The van der Waals surface area contributed by atoms with Crippen molar-refractivity contribution in [2.24, 2.45) is 5.92 Å². The molecule has 0 aromatic heterocycles. The molecule has 17 heavy (non-hydrogen) atoms. The Labute approximate surface area is 104 Å². The van der Waals surface area contributed by atoms with Crippen molar-refractivity contribution in [2.75, 3.05) is 0 Å². The molecule has 0 amide bonds. The van der Waals surface area contributed by atoms with Crippen LogP contribution in [0.15, 0.2) is 18.2 Å². The molecule has 1 aromatic rings. The quantitative estimate of drug-likeness (QED) is 0.877. The average molecular weight is 253 g/mol. The highest BCUT2D eigenvalue weighted by molar-refractivity contribution is 6.33. The number of rotatable bonds is 5. The van der Waals surface area contributed by atoms with Crippen molar-refractivity contribution < 1.29 is 14.7 Å². The molecule has 0 atom stereocenters. The van der Waals surface area contributed by atoms with Gasteiger partial charge in [0.15, 0.2) is 0 Å². The summed E-state index contributed by atoms with van der Waals surface area (Å²) in [4.78, 5) is 22.4. The van der Waals surface area contributed by atoms with E-state index in [9.17, 15) is 9.59 Å². The molecule has 1 aliphatic carbocycles. The molecule has 0 bridgehead atoms. The number of hydrogen-bond donors (Lipinski definition) is 1. The van der Waals surface area contributed by atoms with E-state index in [0.29, 0.717) is 12.8 Å².